The number of unbranched alkanes of at least 4 members (excludes halogenated alkanes) is 38. The summed E-state index contributed by atoms with van der Waals surface area (Å²) in [6.07, 6.45) is 54.8. The number of ether oxygens (including phenoxy) is 1. The maximum Gasteiger partial charge on any atom is 0.472 e. The molecule has 3 unspecified atom stereocenters. The number of esters is 1. The first-order chi connectivity index (χ1) is 32.9. The third-order valence-electron chi connectivity index (χ3n) is 13.5. The Balaban J connectivity index is 5.31. The van der Waals surface area contributed by atoms with Crippen molar-refractivity contribution in [3.63, 3.8) is 0 Å². The number of amides is 1. The quantitative estimate of drug-likeness (QED) is 0.0205. The summed E-state index contributed by atoms with van der Waals surface area (Å²) < 4.78 is 30.6. The second kappa shape index (κ2) is 49.3. The van der Waals surface area contributed by atoms with E-state index in [0.29, 0.717) is 23.9 Å². The van der Waals surface area contributed by atoms with Gasteiger partial charge in [0.25, 0.3) is 0 Å². The van der Waals surface area contributed by atoms with Crippen LogP contribution in [-0.2, 0) is 27.9 Å². The van der Waals surface area contributed by atoms with Crippen LogP contribution in [0.2, 0.25) is 0 Å². The number of rotatable bonds is 54. The van der Waals surface area contributed by atoms with Crippen molar-refractivity contribution in [3.05, 3.63) is 12.2 Å². The lowest BCUT2D eigenvalue weighted by Gasteiger charge is -2.27. The van der Waals surface area contributed by atoms with Gasteiger partial charge in [-0.25, -0.2) is 4.57 Å². The molecule has 1 amide bonds. The van der Waals surface area contributed by atoms with Gasteiger partial charge >= 0.3 is 13.8 Å². The molecular weight excluding hydrogens is 868 g/mol. The number of phosphoric ester groups is 1. The summed E-state index contributed by atoms with van der Waals surface area (Å²) in [6.45, 7) is 7.05. The lowest BCUT2D eigenvalue weighted by molar-refractivity contribution is -0.870. The van der Waals surface area contributed by atoms with Crippen molar-refractivity contribution < 1.29 is 37.3 Å². The zero-order chi connectivity index (χ0) is 50.1. The molecule has 404 valence electrons. The van der Waals surface area contributed by atoms with Gasteiger partial charge in [0.2, 0.25) is 5.91 Å². The molecule has 0 aliphatic heterocycles. The van der Waals surface area contributed by atoms with Crippen LogP contribution in [0.3, 0.4) is 0 Å². The van der Waals surface area contributed by atoms with Crippen molar-refractivity contribution in [2.45, 2.75) is 309 Å². The van der Waals surface area contributed by atoms with Crippen LogP contribution in [0.25, 0.3) is 0 Å². The number of carbonyl (C=O) groups is 2. The van der Waals surface area contributed by atoms with Crippen molar-refractivity contribution in [1.29, 1.82) is 0 Å². The van der Waals surface area contributed by atoms with Crippen LogP contribution in [0.5, 0.6) is 0 Å². The van der Waals surface area contributed by atoms with E-state index in [1.807, 2.05) is 33.3 Å². The van der Waals surface area contributed by atoms with Gasteiger partial charge in [0.1, 0.15) is 19.3 Å². The third-order valence-corrected chi connectivity index (χ3v) is 14.5. The van der Waals surface area contributed by atoms with E-state index >= 15 is 0 Å². The van der Waals surface area contributed by atoms with E-state index in [2.05, 4.69) is 26.1 Å². The first kappa shape index (κ1) is 66.8. The SMILES string of the molecule is CCCCCCCCCCCCC/C=C/C(OC(=O)CCCCCCCCCCCCCCC)C(COP(=O)(O)OCC[N+](C)(C)C)NC(=O)CCCCCCCCCCCCCCCCCC. The Hall–Kier alpha value is -1.25. The van der Waals surface area contributed by atoms with Crippen LogP contribution in [0.15, 0.2) is 12.2 Å². The third kappa shape index (κ3) is 49.7. The van der Waals surface area contributed by atoms with Crippen molar-refractivity contribution >= 4 is 19.7 Å². The Labute approximate surface area is 422 Å². The van der Waals surface area contributed by atoms with Gasteiger partial charge in [-0.2, -0.15) is 0 Å². The number of quaternary nitrogens is 1. The first-order valence-electron chi connectivity index (χ1n) is 29.5. The second-order valence-electron chi connectivity index (χ2n) is 21.5. The number of allylic oxidation sites excluding steroid dienone is 1. The van der Waals surface area contributed by atoms with Gasteiger partial charge in [-0.1, -0.05) is 264 Å². The summed E-state index contributed by atoms with van der Waals surface area (Å²) in [5.74, 6) is -0.486. The highest BCUT2D eigenvalue weighted by atomic mass is 31.2. The molecule has 0 bridgehead atoms. The average molecular weight is 985 g/mol. The Kier molecular flexibility index (Phi) is 48.4. The molecule has 0 aromatic carbocycles. The fourth-order valence-electron chi connectivity index (χ4n) is 8.88. The molecule has 0 saturated carbocycles. The fraction of sp³-hybridized carbons (Fsp3) is 0.931. The molecule has 0 aromatic rings. The normalized spacial score (nSPS) is 13.8. The molecule has 0 aliphatic carbocycles. The minimum atomic E-state index is -4.43. The zero-order valence-corrected chi connectivity index (χ0v) is 47.0. The van der Waals surface area contributed by atoms with Crippen molar-refractivity contribution in [1.82, 2.24) is 5.32 Å². The van der Waals surface area contributed by atoms with E-state index in [9.17, 15) is 19.0 Å². The number of nitrogens with one attached hydrogen (secondary N) is 1. The van der Waals surface area contributed by atoms with Gasteiger partial charge < -0.3 is 19.4 Å². The number of hydrogen-bond acceptors (Lipinski definition) is 6. The van der Waals surface area contributed by atoms with Gasteiger partial charge in [0, 0.05) is 12.8 Å². The molecule has 0 aromatic heterocycles. The molecule has 9 nitrogen and oxygen atoms in total. The van der Waals surface area contributed by atoms with Crippen molar-refractivity contribution in [3.8, 4) is 0 Å². The van der Waals surface area contributed by atoms with Gasteiger partial charge in [-0.15, -0.1) is 0 Å². The van der Waals surface area contributed by atoms with Crippen molar-refractivity contribution in [2.75, 3.05) is 40.9 Å². The summed E-state index contributed by atoms with van der Waals surface area (Å²) in [4.78, 5) is 37.6. The highest BCUT2D eigenvalue weighted by molar-refractivity contribution is 7.47. The molecular formula is C58H116N2O7P+. The molecule has 2 N–H and O–H groups in total. The predicted octanol–water partition coefficient (Wildman–Crippen LogP) is 17.6. The molecule has 0 aliphatic rings. The largest absolute Gasteiger partial charge is 0.472 e. The van der Waals surface area contributed by atoms with E-state index in [-0.39, 0.29) is 25.1 Å². The highest BCUT2D eigenvalue weighted by Crippen LogP contribution is 2.43. The second-order valence-corrected chi connectivity index (χ2v) is 23.0. The fourth-order valence-corrected chi connectivity index (χ4v) is 9.62. The predicted molar refractivity (Wildman–Crippen MR) is 291 cm³/mol. The number of carbonyl (C=O) groups excluding carboxylic acids is 2. The monoisotopic (exact) mass is 984 g/mol. The number of phosphoric acid groups is 1. The Morgan fingerprint density at radius 2 is 0.838 bits per heavy atom. The topological polar surface area (TPSA) is 111 Å². The molecule has 3 atom stereocenters. The summed E-state index contributed by atoms with van der Waals surface area (Å²) in [5, 5.41) is 3.06. The van der Waals surface area contributed by atoms with Crippen LogP contribution in [0, 0.1) is 0 Å². The molecule has 0 fully saturated rings. The van der Waals surface area contributed by atoms with Gasteiger partial charge in [-0.05, 0) is 31.8 Å². The molecule has 0 spiro atoms. The maximum absolute atomic E-state index is 13.5. The smallest absolute Gasteiger partial charge is 0.456 e. The zero-order valence-electron chi connectivity index (χ0n) is 46.1. The van der Waals surface area contributed by atoms with Crippen LogP contribution in [0.4, 0.5) is 0 Å². The van der Waals surface area contributed by atoms with Gasteiger partial charge in [-0.3, -0.25) is 18.6 Å². The summed E-state index contributed by atoms with van der Waals surface area (Å²) in [5.41, 5.74) is 0. The Morgan fingerprint density at radius 3 is 1.21 bits per heavy atom. The maximum atomic E-state index is 13.5. The number of hydrogen-bond donors (Lipinski definition) is 2. The molecule has 0 rings (SSSR count). The standard InChI is InChI=1S/C58H115N2O7P/c1-7-10-13-16-19-22-25-28-29-30-33-35-38-41-44-47-50-57(61)59-55(54-66-68(63,64)65-53-52-60(4,5)6)56(49-46-43-40-37-34-31-26-23-20-17-14-11-8-2)67-58(62)51-48-45-42-39-36-32-27-24-21-18-15-12-9-3/h46,49,55-56H,7-45,47-48,50-54H2,1-6H3,(H-,59,61,63,64)/p+1/b49-46+. The minimum Gasteiger partial charge on any atom is -0.456 e. The first-order valence-corrected chi connectivity index (χ1v) is 31.0. The lowest BCUT2D eigenvalue weighted by Crippen LogP contribution is -2.47. The minimum absolute atomic E-state index is 0.0456. The molecule has 0 saturated heterocycles. The Morgan fingerprint density at radius 1 is 0.500 bits per heavy atom. The summed E-state index contributed by atoms with van der Waals surface area (Å²) in [6, 6.07) is -0.838. The van der Waals surface area contributed by atoms with Crippen molar-refractivity contribution in [2.24, 2.45) is 0 Å². The van der Waals surface area contributed by atoms with Crippen LogP contribution < -0.4 is 5.32 Å². The van der Waals surface area contributed by atoms with E-state index in [4.69, 9.17) is 13.8 Å². The summed E-state index contributed by atoms with van der Waals surface area (Å²) in [7, 11) is 1.52. The van der Waals surface area contributed by atoms with Gasteiger partial charge in [0.05, 0.1) is 33.8 Å². The van der Waals surface area contributed by atoms with Crippen LogP contribution in [0.1, 0.15) is 297 Å². The molecule has 68 heavy (non-hydrogen) atoms. The van der Waals surface area contributed by atoms with E-state index < -0.39 is 20.0 Å². The molecule has 0 radical (unpaired) electrons. The Bertz CT molecular complexity index is 1180. The molecule has 10 heteroatoms. The van der Waals surface area contributed by atoms with Crippen LogP contribution >= 0.6 is 7.82 Å². The molecule has 0 heterocycles. The number of nitrogens with zero attached hydrogens (tertiary/aromatic N) is 1. The highest BCUT2D eigenvalue weighted by Gasteiger charge is 2.30. The van der Waals surface area contributed by atoms with Gasteiger partial charge in [0.15, 0.2) is 0 Å². The van der Waals surface area contributed by atoms with E-state index in [1.54, 1.807) is 0 Å². The van der Waals surface area contributed by atoms with E-state index in [1.165, 1.54) is 205 Å². The average Bonchev–Trinajstić information content (AvgIpc) is 3.29. The lowest BCUT2D eigenvalue weighted by atomic mass is 10.0. The van der Waals surface area contributed by atoms with E-state index in [0.717, 1.165) is 57.8 Å². The summed E-state index contributed by atoms with van der Waals surface area (Å²) >= 11 is 0. The number of likely N-dealkylation sites (N-methyl/N-ethyl adjacent to an activating group) is 1. The van der Waals surface area contributed by atoms with Crippen LogP contribution in [-0.4, -0.2) is 74.3 Å².